The number of aliphatic hydroxyl groups excluding tert-OH is 5. The minimum absolute atomic E-state index is 0. The molecule has 0 aromatic heterocycles. The van der Waals surface area contributed by atoms with E-state index in [0.717, 1.165) is 0 Å². The molecular formula is C6H13NaO10S. The van der Waals surface area contributed by atoms with Gasteiger partial charge in [0.25, 0.3) is 0 Å². The second-order valence-corrected chi connectivity index (χ2v) is 4.03. The molecule has 0 saturated heterocycles. The summed E-state index contributed by atoms with van der Waals surface area (Å²) in [7, 11) is -5.17. The Morgan fingerprint density at radius 1 is 1.11 bits per heavy atom. The van der Waals surface area contributed by atoms with Crippen LogP contribution in [-0.2, 0) is 19.4 Å². The summed E-state index contributed by atoms with van der Waals surface area (Å²) in [5, 5.41) is 44.5. The maximum atomic E-state index is 10.8. The van der Waals surface area contributed by atoms with Crippen molar-refractivity contribution in [3.63, 3.8) is 0 Å². The predicted octanol–water partition coefficient (Wildman–Crippen LogP) is -4.88. The first-order valence-electron chi connectivity index (χ1n) is 4.14. The summed E-state index contributed by atoms with van der Waals surface area (Å²) in [5.41, 5.74) is 0. The van der Waals surface area contributed by atoms with Crippen molar-refractivity contribution >= 4 is 45.9 Å². The van der Waals surface area contributed by atoms with Crippen LogP contribution in [0, 0.1) is 0 Å². The third kappa shape index (κ3) is 6.94. The fourth-order valence-corrected chi connectivity index (χ4v) is 1.12. The van der Waals surface area contributed by atoms with Crippen LogP contribution in [0.4, 0.5) is 0 Å². The van der Waals surface area contributed by atoms with Gasteiger partial charge in [-0.2, -0.15) is 8.42 Å². The Hall–Kier alpha value is 0.180. The molecule has 0 bridgehead atoms. The molecule has 0 radical (unpaired) electrons. The Kier molecular flexibility index (Phi) is 9.53. The van der Waals surface area contributed by atoms with E-state index in [1.165, 1.54) is 0 Å². The average Bonchev–Trinajstić information content (AvgIpc) is 2.22. The molecular weight excluding hydrogens is 287 g/mol. The van der Waals surface area contributed by atoms with Gasteiger partial charge in [-0.25, -0.2) is 4.79 Å². The summed E-state index contributed by atoms with van der Waals surface area (Å²) >= 11 is 0. The van der Waals surface area contributed by atoms with Crippen molar-refractivity contribution in [1.82, 2.24) is 0 Å². The number of hydrogen-bond donors (Lipinski definition) is 6. The zero-order valence-electron chi connectivity index (χ0n) is 8.24. The first-order chi connectivity index (χ1) is 7.60. The van der Waals surface area contributed by atoms with Crippen molar-refractivity contribution in [3.05, 3.63) is 0 Å². The molecule has 0 fully saturated rings. The van der Waals surface area contributed by atoms with Crippen molar-refractivity contribution in [2.24, 2.45) is 0 Å². The summed E-state index contributed by atoms with van der Waals surface area (Å²) in [5.74, 6) is -1.95. The van der Waals surface area contributed by atoms with E-state index in [9.17, 15) is 13.2 Å². The number of rotatable bonds is 6. The molecule has 4 atom stereocenters. The Labute approximate surface area is 124 Å². The molecule has 18 heavy (non-hydrogen) atoms. The second-order valence-electron chi connectivity index (χ2n) is 3.01. The molecule has 0 aliphatic heterocycles. The summed E-state index contributed by atoms with van der Waals surface area (Å²) < 4.78 is 31.6. The fourth-order valence-electron chi connectivity index (χ4n) is 0.815. The third-order valence-corrected chi connectivity index (χ3v) is 2.06. The maximum absolute atomic E-state index is 10.8. The standard InChI is InChI=1S/C6H12O10S.Na.H/c7-1-2(8)3(9)4(10)5(11)6(12)16-17(13,14)15;;/h2-5,7-11H,1H2,(H,13,14,15);;/t2-,3-,4+,5-;;/m1../s1. The van der Waals surface area contributed by atoms with Crippen LogP contribution in [0.2, 0.25) is 0 Å². The Bertz CT molecular complexity index is 355. The van der Waals surface area contributed by atoms with Gasteiger partial charge in [-0.3, -0.25) is 4.55 Å². The van der Waals surface area contributed by atoms with E-state index in [1.807, 2.05) is 0 Å². The van der Waals surface area contributed by atoms with Gasteiger partial charge in [0.05, 0.1) is 6.61 Å². The Morgan fingerprint density at radius 3 is 1.89 bits per heavy atom. The van der Waals surface area contributed by atoms with E-state index >= 15 is 0 Å². The number of carbonyl (C=O) groups is 1. The first kappa shape index (κ1) is 20.5. The number of aliphatic hydroxyl groups is 5. The van der Waals surface area contributed by atoms with Crippen LogP contribution in [-0.4, -0.2) is 105 Å². The number of carbonyl (C=O) groups excluding carboxylic acids is 1. The fraction of sp³-hybridized carbons (Fsp3) is 0.833. The molecule has 0 spiro atoms. The molecule has 0 saturated carbocycles. The van der Waals surface area contributed by atoms with Gasteiger partial charge in [-0.15, -0.1) is 0 Å². The van der Waals surface area contributed by atoms with Crippen molar-refractivity contribution in [2.45, 2.75) is 24.4 Å². The molecule has 0 aromatic carbocycles. The van der Waals surface area contributed by atoms with Crippen LogP contribution in [0.25, 0.3) is 0 Å². The zero-order chi connectivity index (χ0) is 13.8. The normalized spacial score (nSPS) is 18.1. The van der Waals surface area contributed by atoms with Crippen molar-refractivity contribution in [2.75, 3.05) is 6.61 Å². The molecule has 0 aromatic rings. The molecule has 12 heteroatoms. The van der Waals surface area contributed by atoms with Gasteiger partial charge in [-0.05, 0) is 0 Å². The molecule has 10 nitrogen and oxygen atoms in total. The summed E-state index contributed by atoms with van der Waals surface area (Å²) in [4.78, 5) is 10.8. The van der Waals surface area contributed by atoms with Crippen molar-refractivity contribution in [3.8, 4) is 0 Å². The Balaban J connectivity index is 0. The molecule has 0 aliphatic rings. The minimum atomic E-state index is -5.17. The molecule has 0 unspecified atom stereocenters. The SMILES string of the molecule is O=C(OS(=O)(=O)O)[C@H](O)[C@@H](O)[C@H](O)[C@H](O)CO.[NaH]. The molecule has 0 amide bonds. The zero-order valence-corrected chi connectivity index (χ0v) is 9.06. The second kappa shape index (κ2) is 8.37. The van der Waals surface area contributed by atoms with E-state index < -0.39 is 47.4 Å². The van der Waals surface area contributed by atoms with Crippen LogP contribution in [0.3, 0.4) is 0 Å². The molecule has 0 aliphatic carbocycles. The van der Waals surface area contributed by atoms with Gasteiger partial charge < -0.3 is 29.7 Å². The van der Waals surface area contributed by atoms with Crippen molar-refractivity contribution in [1.29, 1.82) is 0 Å². The summed E-state index contributed by atoms with van der Waals surface area (Å²) in [6, 6.07) is 0. The van der Waals surface area contributed by atoms with E-state index in [4.69, 9.17) is 30.1 Å². The van der Waals surface area contributed by atoms with Gasteiger partial charge in [0.1, 0.15) is 18.3 Å². The summed E-state index contributed by atoms with van der Waals surface area (Å²) in [6.07, 6.45) is -8.83. The monoisotopic (exact) mass is 300 g/mol. The van der Waals surface area contributed by atoms with Crippen LogP contribution >= 0.6 is 0 Å². The van der Waals surface area contributed by atoms with E-state index in [0.29, 0.717) is 0 Å². The average molecular weight is 300 g/mol. The number of hydrogen-bond acceptors (Lipinski definition) is 9. The topological polar surface area (TPSA) is 182 Å². The van der Waals surface area contributed by atoms with Gasteiger partial charge >= 0.3 is 45.9 Å². The summed E-state index contributed by atoms with van der Waals surface area (Å²) in [6.45, 7) is -0.974. The van der Waals surface area contributed by atoms with Gasteiger partial charge in [0.2, 0.25) is 0 Å². The Morgan fingerprint density at radius 2 is 1.56 bits per heavy atom. The molecule has 0 heterocycles. The van der Waals surface area contributed by atoms with Gasteiger partial charge in [-0.1, -0.05) is 0 Å². The van der Waals surface area contributed by atoms with Crippen molar-refractivity contribution < 1.29 is 47.5 Å². The van der Waals surface area contributed by atoms with Gasteiger partial charge in [0, 0.05) is 0 Å². The van der Waals surface area contributed by atoms with Crippen LogP contribution < -0.4 is 0 Å². The molecule has 0 rings (SSSR count). The molecule has 6 N–H and O–H groups in total. The van der Waals surface area contributed by atoms with E-state index in [1.54, 1.807) is 0 Å². The first-order valence-corrected chi connectivity index (χ1v) is 5.50. The van der Waals surface area contributed by atoms with Crippen LogP contribution in [0.5, 0.6) is 0 Å². The predicted molar refractivity (Wildman–Crippen MR) is 55.9 cm³/mol. The third-order valence-electron chi connectivity index (χ3n) is 1.68. The van der Waals surface area contributed by atoms with Crippen LogP contribution in [0.1, 0.15) is 0 Å². The van der Waals surface area contributed by atoms with Gasteiger partial charge in [0.15, 0.2) is 6.10 Å². The van der Waals surface area contributed by atoms with Crippen LogP contribution in [0.15, 0.2) is 0 Å². The quantitative estimate of drug-likeness (QED) is 0.205. The van der Waals surface area contributed by atoms with E-state index in [2.05, 4.69) is 4.18 Å². The van der Waals surface area contributed by atoms with E-state index in [-0.39, 0.29) is 29.6 Å². The molecule has 104 valence electrons.